The van der Waals surface area contributed by atoms with Crippen LogP contribution in [0.4, 0.5) is 0 Å². The monoisotopic (exact) mass is 187 g/mol. The Morgan fingerprint density at radius 2 is 2.17 bits per heavy atom. The van der Waals surface area contributed by atoms with Gasteiger partial charge in [-0.1, -0.05) is 0 Å². The summed E-state index contributed by atoms with van der Waals surface area (Å²) in [4.78, 5) is 3.97. The van der Waals surface area contributed by atoms with Crippen molar-refractivity contribution in [1.82, 2.24) is 4.98 Å². The molecular formula is C8H10ClNO2. The molecule has 0 amide bonds. The maximum atomic E-state index is 5.68. The van der Waals surface area contributed by atoms with Gasteiger partial charge in [-0.2, -0.15) is 0 Å². The van der Waals surface area contributed by atoms with Crippen LogP contribution in [0.15, 0.2) is 12.3 Å². The first-order valence-corrected chi connectivity index (χ1v) is 3.98. The fraction of sp³-hybridized carbons (Fsp3) is 0.375. The minimum absolute atomic E-state index is 0.391. The van der Waals surface area contributed by atoms with Gasteiger partial charge in [0.2, 0.25) is 5.88 Å². The first-order valence-electron chi connectivity index (χ1n) is 3.44. The Kier molecular flexibility index (Phi) is 3.17. The molecule has 3 nitrogen and oxygen atoms in total. The number of hydrogen-bond donors (Lipinski definition) is 0. The molecule has 0 aliphatic rings. The highest BCUT2D eigenvalue weighted by atomic mass is 35.5. The number of pyridine rings is 1. The number of alkyl halides is 1. The van der Waals surface area contributed by atoms with E-state index in [2.05, 4.69) is 4.98 Å². The van der Waals surface area contributed by atoms with Crippen molar-refractivity contribution in [3.05, 3.63) is 17.8 Å². The van der Waals surface area contributed by atoms with Crippen molar-refractivity contribution in [3.8, 4) is 11.6 Å². The maximum absolute atomic E-state index is 5.68. The zero-order chi connectivity index (χ0) is 8.97. The van der Waals surface area contributed by atoms with E-state index >= 15 is 0 Å². The van der Waals surface area contributed by atoms with Crippen molar-refractivity contribution in [3.63, 3.8) is 0 Å². The van der Waals surface area contributed by atoms with E-state index in [9.17, 15) is 0 Å². The number of methoxy groups -OCH3 is 2. The third-order valence-electron chi connectivity index (χ3n) is 1.50. The molecule has 0 atom stereocenters. The largest absolute Gasteiger partial charge is 0.495 e. The second-order valence-corrected chi connectivity index (χ2v) is 2.44. The Hall–Kier alpha value is -0.960. The summed E-state index contributed by atoms with van der Waals surface area (Å²) >= 11 is 5.68. The number of halogens is 1. The first-order chi connectivity index (χ1) is 5.81. The van der Waals surface area contributed by atoms with Gasteiger partial charge in [0.1, 0.15) is 5.75 Å². The summed E-state index contributed by atoms with van der Waals surface area (Å²) in [7, 11) is 3.15. The molecule has 0 aliphatic carbocycles. The second-order valence-electron chi connectivity index (χ2n) is 2.17. The van der Waals surface area contributed by atoms with E-state index in [1.165, 1.54) is 0 Å². The van der Waals surface area contributed by atoms with Gasteiger partial charge in [0, 0.05) is 11.6 Å². The molecule has 0 saturated heterocycles. The lowest BCUT2D eigenvalue weighted by Crippen LogP contribution is -1.93. The molecule has 4 heteroatoms. The molecule has 1 aromatic rings. The zero-order valence-corrected chi connectivity index (χ0v) is 7.76. The zero-order valence-electron chi connectivity index (χ0n) is 7.00. The van der Waals surface area contributed by atoms with Gasteiger partial charge in [-0.15, -0.1) is 11.6 Å². The van der Waals surface area contributed by atoms with E-state index in [-0.39, 0.29) is 0 Å². The highest BCUT2D eigenvalue weighted by molar-refractivity contribution is 6.17. The molecule has 1 rings (SSSR count). The highest BCUT2D eigenvalue weighted by Crippen LogP contribution is 2.22. The van der Waals surface area contributed by atoms with Gasteiger partial charge in [-0.25, -0.2) is 4.98 Å². The van der Waals surface area contributed by atoms with Crippen LogP contribution in [0, 0.1) is 0 Å². The van der Waals surface area contributed by atoms with Gasteiger partial charge in [0.05, 0.1) is 26.3 Å². The number of hydrogen-bond acceptors (Lipinski definition) is 3. The Balaban J connectivity index is 3.02. The molecule has 0 spiro atoms. The van der Waals surface area contributed by atoms with E-state index in [4.69, 9.17) is 21.1 Å². The van der Waals surface area contributed by atoms with Crippen LogP contribution >= 0.6 is 11.6 Å². The normalized spacial score (nSPS) is 9.58. The number of rotatable bonds is 3. The van der Waals surface area contributed by atoms with Gasteiger partial charge >= 0.3 is 0 Å². The summed E-state index contributed by atoms with van der Waals surface area (Å²) in [6.07, 6.45) is 1.59. The van der Waals surface area contributed by atoms with E-state index in [1.807, 2.05) is 0 Å². The van der Waals surface area contributed by atoms with Crippen LogP contribution in [0.5, 0.6) is 11.6 Å². The van der Waals surface area contributed by atoms with Crippen LogP contribution in [-0.4, -0.2) is 19.2 Å². The molecule has 0 fully saturated rings. The standard InChI is InChI=1S/C8H10ClNO2/c1-11-7-5-10-8(12-2)3-6(7)4-9/h3,5H,4H2,1-2H3. The molecule has 1 heterocycles. The Morgan fingerprint density at radius 1 is 1.42 bits per heavy atom. The summed E-state index contributed by atoms with van der Waals surface area (Å²) in [5.41, 5.74) is 0.881. The smallest absolute Gasteiger partial charge is 0.213 e. The Morgan fingerprint density at radius 3 is 2.67 bits per heavy atom. The minimum Gasteiger partial charge on any atom is -0.495 e. The van der Waals surface area contributed by atoms with E-state index < -0.39 is 0 Å². The molecule has 12 heavy (non-hydrogen) atoms. The molecule has 1 aromatic heterocycles. The van der Waals surface area contributed by atoms with Gasteiger partial charge in [-0.3, -0.25) is 0 Å². The van der Waals surface area contributed by atoms with Gasteiger partial charge < -0.3 is 9.47 Å². The minimum atomic E-state index is 0.391. The van der Waals surface area contributed by atoms with Crippen molar-refractivity contribution in [1.29, 1.82) is 0 Å². The van der Waals surface area contributed by atoms with Crippen LogP contribution in [0.2, 0.25) is 0 Å². The van der Waals surface area contributed by atoms with Crippen LogP contribution in [-0.2, 0) is 5.88 Å². The van der Waals surface area contributed by atoms with Gasteiger partial charge in [0.25, 0.3) is 0 Å². The molecule has 0 bridgehead atoms. The summed E-state index contributed by atoms with van der Waals surface area (Å²) in [6.45, 7) is 0. The van der Waals surface area contributed by atoms with Crippen LogP contribution in [0.1, 0.15) is 5.56 Å². The van der Waals surface area contributed by atoms with Gasteiger partial charge in [0.15, 0.2) is 0 Å². The highest BCUT2D eigenvalue weighted by Gasteiger charge is 2.03. The van der Waals surface area contributed by atoms with Crippen molar-refractivity contribution in [2.24, 2.45) is 0 Å². The topological polar surface area (TPSA) is 31.4 Å². The Bertz CT molecular complexity index is 265. The average Bonchev–Trinajstić information content (AvgIpc) is 2.16. The molecule has 0 N–H and O–H groups in total. The van der Waals surface area contributed by atoms with Crippen molar-refractivity contribution >= 4 is 11.6 Å². The SMILES string of the molecule is COc1cc(CCl)c(OC)cn1. The maximum Gasteiger partial charge on any atom is 0.213 e. The second kappa shape index (κ2) is 4.16. The fourth-order valence-electron chi connectivity index (χ4n) is 0.862. The first kappa shape index (κ1) is 9.13. The third-order valence-corrected chi connectivity index (χ3v) is 1.78. The van der Waals surface area contributed by atoms with Crippen LogP contribution in [0.3, 0.4) is 0 Å². The Labute approximate surface area is 76.3 Å². The van der Waals surface area contributed by atoms with E-state index in [0.717, 1.165) is 5.56 Å². The predicted octanol–water partition coefficient (Wildman–Crippen LogP) is 1.84. The third kappa shape index (κ3) is 1.80. The van der Waals surface area contributed by atoms with E-state index in [1.54, 1.807) is 26.5 Å². The van der Waals surface area contributed by atoms with Crippen LogP contribution in [0.25, 0.3) is 0 Å². The summed E-state index contributed by atoms with van der Waals surface area (Å²) < 4.78 is 9.96. The fourth-order valence-corrected chi connectivity index (χ4v) is 1.07. The lowest BCUT2D eigenvalue weighted by Gasteiger charge is -2.06. The van der Waals surface area contributed by atoms with Crippen molar-refractivity contribution < 1.29 is 9.47 Å². The molecule has 66 valence electrons. The van der Waals surface area contributed by atoms with Crippen molar-refractivity contribution in [2.45, 2.75) is 5.88 Å². The molecule has 0 aromatic carbocycles. The average molecular weight is 188 g/mol. The lowest BCUT2D eigenvalue weighted by atomic mass is 10.3. The molecule has 0 saturated carbocycles. The molecule has 0 radical (unpaired) electrons. The summed E-state index contributed by atoms with van der Waals surface area (Å²) in [5, 5.41) is 0. The van der Waals surface area contributed by atoms with Crippen LogP contribution < -0.4 is 9.47 Å². The van der Waals surface area contributed by atoms with E-state index in [0.29, 0.717) is 17.5 Å². The molecular weight excluding hydrogens is 178 g/mol. The lowest BCUT2D eigenvalue weighted by molar-refractivity contribution is 0.385. The summed E-state index contributed by atoms with van der Waals surface area (Å²) in [6, 6.07) is 1.76. The summed E-state index contributed by atoms with van der Waals surface area (Å²) in [5.74, 6) is 1.62. The van der Waals surface area contributed by atoms with Gasteiger partial charge in [-0.05, 0) is 0 Å². The number of nitrogens with zero attached hydrogens (tertiary/aromatic N) is 1. The molecule has 0 unspecified atom stereocenters. The van der Waals surface area contributed by atoms with Crippen molar-refractivity contribution in [2.75, 3.05) is 14.2 Å². The quantitative estimate of drug-likeness (QED) is 0.677. The number of ether oxygens (including phenoxy) is 2. The predicted molar refractivity (Wildman–Crippen MR) is 46.9 cm³/mol. The number of aromatic nitrogens is 1. The molecule has 0 aliphatic heterocycles.